The number of ether oxygens (including phenoxy) is 4. The third-order valence-corrected chi connectivity index (χ3v) is 11.3. The molecular weight excluding hydrogens is 755 g/mol. The minimum atomic E-state index is -1.62. The van der Waals surface area contributed by atoms with Gasteiger partial charge in [0.2, 0.25) is 0 Å². The molecule has 0 radical (unpaired) electrons. The van der Waals surface area contributed by atoms with Crippen LogP contribution < -0.4 is 5.11 Å². The molecule has 2 unspecified atom stereocenters. The second-order valence-electron chi connectivity index (χ2n) is 18.5. The number of esters is 2. The monoisotopic (exact) mass is 852 g/mol. The van der Waals surface area contributed by atoms with Crippen LogP contribution in [-0.2, 0) is 33.3 Å². The molecular formula is C51H97NO8. The minimum absolute atomic E-state index is 0.151. The van der Waals surface area contributed by atoms with Crippen LogP contribution in [0.4, 0.5) is 0 Å². The summed E-state index contributed by atoms with van der Waals surface area (Å²) in [5, 5.41) is 11.7. The second-order valence-corrected chi connectivity index (χ2v) is 18.5. The van der Waals surface area contributed by atoms with Gasteiger partial charge < -0.3 is 33.3 Å². The maximum Gasteiger partial charge on any atom is 0.306 e. The number of carbonyl (C=O) groups excluding carboxylic acids is 3. The average Bonchev–Trinajstić information content (AvgIpc) is 3.21. The number of carboxylic acids is 1. The number of likely N-dealkylation sites (N-methyl/N-ethyl adjacent to an activating group) is 1. The molecule has 0 aliphatic heterocycles. The smallest absolute Gasteiger partial charge is 0.306 e. The van der Waals surface area contributed by atoms with Crippen molar-refractivity contribution >= 4 is 17.9 Å². The third kappa shape index (κ3) is 44.1. The van der Waals surface area contributed by atoms with Crippen molar-refractivity contribution < 1.29 is 42.9 Å². The van der Waals surface area contributed by atoms with Gasteiger partial charge in [-0.2, -0.15) is 0 Å². The zero-order valence-corrected chi connectivity index (χ0v) is 40.1. The topological polar surface area (TPSA) is 111 Å². The first-order valence-corrected chi connectivity index (χ1v) is 25.3. The molecule has 0 bridgehead atoms. The van der Waals surface area contributed by atoms with E-state index >= 15 is 0 Å². The van der Waals surface area contributed by atoms with Gasteiger partial charge in [0.1, 0.15) is 13.2 Å². The fraction of sp³-hybridized carbons (Fsp3) is 0.902. The van der Waals surface area contributed by atoms with Gasteiger partial charge in [0.05, 0.1) is 40.3 Å². The molecule has 0 spiro atoms. The zero-order chi connectivity index (χ0) is 44.2. The van der Waals surface area contributed by atoms with Crippen LogP contribution in [-0.4, -0.2) is 82.3 Å². The van der Waals surface area contributed by atoms with Gasteiger partial charge >= 0.3 is 11.9 Å². The predicted molar refractivity (Wildman–Crippen MR) is 247 cm³/mol. The lowest BCUT2D eigenvalue weighted by molar-refractivity contribution is -0.870. The largest absolute Gasteiger partial charge is 0.545 e. The highest BCUT2D eigenvalue weighted by Gasteiger charge is 2.22. The molecule has 0 aliphatic rings. The van der Waals surface area contributed by atoms with E-state index in [1.165, 1.54) is 167 Å². The Morgan fingerprint density at radius 2 is 0.850 bits per heavy atom. The van der Waals surface area contributed by atoms with Crippen LogP contribution in [0.15, 0.2) is 12.2 Å². The van der Waals surface area contributed by atoms with Crippen molar-refractivity contribution in [2.75, 3.05) is 47.5 Å². The van der Waals surface area contributed by atoms with Crippen molar-refractivity contribution in [3.63, 3.8) is 0 Å². The van der Waals surface area contributed by atoms with Gasteiger partial charge in [0.25, 0.3) is 0 Å². The number of hydrogen-bond donors (Lipinski definition) is 0. The number of allylic oxidation sites excluding steroid dienone is 2. The van der Waals surface area contributed by atoms with E-state index in [1.54, 1.807) is 0 Å². The predicted octanol–water partition coefficient (Wildman–Crippen LogP) is 12.5. The van der Waals surface area contributed by atoms with Gasteiger partial charge in [0.15, 0.2) is 12.4 Å². The van der Waals surface area contributed by atoms with Crippen molar-refractivity contribution in [3.05, 3.63) is 12.2 Å². The number of carbonyl (C=O) groups is 3. The quantitative estimate of drug-likeness (QED) is 0.0196. The number of rotatable bonds is 47. The van der Waals surface area contributed by atoms with Crippen molar-refractivity contribution in [2.45, 2.75) is 251 Å². The highest BCUT2D eigenvalue weighted by molar-refractivity contribution is 5.70. The maximum atomic E-state index is 12.8. The fourth-order valence-electron chi connectivity index (χ4n) is 7.30. The lowest BCUT2D eigenvalue weighted by Gasteiger charge is -2.26. The Labute approximate surface area is 370 Å². The number of nitrogens with zero attached hydrogens (tertiary/aromatic N) is 1. The highest BCUT2D eigenvalue weighted by Crippen LogP contribution is 2.16. The summed E-state index contributed by atoms with van der Waals surface area (Å²) in [4.78, 5) is 37.1. The molecule has 0 saturated heterocycles. The van der Waals surface area contributed by atoms with E-state index in [2.05, 4.69) is 26.0 Å². The number of aliphatic carboxylic acids is 1. The lowest BCUT2D eigenvalue weighted by Crippen LogP contribution is -2.44. The molecule has 354 valence electrons. The van der Waals surface area contributed by atoms with E-state index in [-0.39, 0.29) is 32.2 Å². The Morgan fingerprint density at radius 3 is 1.23 bits per heavy atom. The summed E-state index contributed by atoms with van der Waals surface area (Å²) in [6, 6.07) is 0. The molecule has 2 atom stereocenters. The van der Waals surface area contributed by atoms with Crippen molar-refractivity contribution in [3.8, 4) is 0 Å². The molecule has 9 heteroatoms. The normalized spacial score (nSPS) is 12.9. The Hall–Kier alpha value is -1.97. The first-order chi connectivity index (χ1) is 29.1. The Balaban J connectivity index is 4.33. The number of hydrogen-bond acceptors (Lipinski definition) is 8. The first kappa shape index (κ1) is 58.0. The van der Waals surface area contributed by atoms with Crippen LogP contribution in [0.25, 0.3) is 0 Å². The van der Waals surface area contributed by atoms with E-state index in [1.807, 2.05) is 21.1 Å². The second kappa shape index (κ2) is 43.7. The molecule has 0 saturated carbocycles. The molecule has 0 aromatic rings. The summed E-state index contributed by atoms with van der Waals surface area (Å²) in [7, 11) is 5.92. The van der Waals surface area contributed by atoms with E-state index in [4.69, 9.17) is 18.9 Å². The summed E-state index contributed by atoms with van der Waals surface area (Å²) in [5.41, 5.74) is 0. The van der Waals surface area contributed by atoms with Crippen molar-refractivity contribution in [1.29, 1.82) is 0 Å². The van der Waals surface area contributed by atoms with Gasteiger partial charge in [-0.15, -0.1) is 0 Å². The van der Waals surface area contributed by atoms with Gasteiger partial charge in [0, 0.05) is 12.8 Å². The van der Waals surface area contributed by atoms with Crippen LogP contribution >= 0.6 is 0 Å². The first-order valence-electron chi connectivity index (χ1n) is 25.3. The van der Waals surface area contributed by atoms with E-state index < -0.39 is 24.3 Å². The summed E-state index contributed by atoms with van der Waals surface area (Å²) in [5.74, 6) is -2.27. The molecule has 0 aliphatic carbocycles. The molecule has 0 fully saturated rings. The molecule has 0 N–H and O–H groups in total. The molecule has 0 rings (SSSR count). The van der Waals surface area contributed by atoms with Crippen LogP contribution in [0, 0.1) is 0 Å². The summed E-state index contributed by atoms with van der Waals surface area (Å²) < 4.78 is 22.6. The van der Waals surface area contributed by atoms with Gasteiger partial charge in [-0.05, 0) is 38.5 Å². The van der Waals surface area contributed by atoms with Crippen molar-refractivity contribution in [2.24, 2.45) is 0 Å². The molecule has 0 aromatic heterocycles. The van der Waals surface area contributed by atoms with Crippen LogP contribution in [0.1, 0.15) is 239 Å². The molecule has 0 amide bonds. The fourth-order valence-corrected chi connectivity index (χ4v) is 7.30. The van der Waals surface area contributed by atoms with Crippen LogP contribution in [0.5, 0.6) is 0 Å². The van der Waals surface area contributed by atoms with Gasteiger partial charge in [-0.3, -0.25) is 9.59 Å². The minimum Gasteiger partial charge on any atom is -0.545 e. The zero-order valence-electron chi connectivity index (χ0n) is 40.1. The van der Waals surface area contributed by atoms with E-state index in [0.717, 1.165) is 38.5 Å². The van der Waals surface area contributed by atoms with Gasteiger partial charge in [-0.1, -0.05) is 199 Å². The summed E-state index contributed by atoms with van der Waals surface area (Å²) in [6.45, 7) is 4.77. The Kier molecular flexibility index (Phi) is 42.2. The number of carboxylic acid groups (broad SMARTS) is 1. The standard InChI is InChI=1S/C51H97NO8/c1-6-8-10-12-14-16-18-20-22-24-25-26-28-30-32-34-36-38-40-42-49(54)60-47(46-59-51(50(55)56)57-44-43-52(3,4)5)45-58-48(53)41-39-37-35-33-31-29-27-23-21-19-17-15-13-11-9-7-2/h20,22,47,51H,6-19,21,23-46H2,1-5H3/b22-20-. The Bertz CT molecular complexity index is 996. The average molecular weight is 852 g/mol. The van der Waals surface area contributed by atoms with Crippen molar-refractivity contribution in [1.82, 2.24) is 0 Å². The van der Waals surface area contributed by atoms with Crippen LogP contribution in [0.3, 0.4) is 0 Å². The molecule has 9 nitrogen and oxygen atoms in total. The molecule has 60 heavy (non-hydrogen) atoms. The van der Waals surface area contributed by atoms with E-state index in [0.29, 0.717) is 23.9 Å². The number of quaternary nitrogens is 1. The lowest BCUT2D eigenvalue weighted by atomic mass is 10.0. The number of unbranched alkanes of at least 4 members (excludes halogenated alkanes) is 30. The highest BCUT2D eigenvalue weighted by atomic mass is 16.7. The molecule has 0 aromatic carbocycles. The summed E-state index contributed by atoms with van der Waals surface area (Å²) >= 11 is 0. The third-order valence-electron chi connectivity index (χ3n) is 11.3. The summed E-state index contributed by atoms with van der Waals surface area (Å²) in [6.07, 6.45) is 43.8. The Morgan fingerprint density at radius 1 is 0.483 bits per heavy atom. The van der Waals surface area contributed by atoms with Crippen LogP contribution in [0.2, 0.25) is 0 Å². The van der Waals surface area contributed by atoms with E-state index in [9.17, 15) is 19.5 Å². The van der Waals surface area contributed by atoms with Gasteiger partial charge in [-0.25, -0.2) is 0 Å². The SMILES string of the molecule is CCCCCCCC/C=C\CCCCCCCCCCCC(=O)OC(COC(=O)CCCCCCCCCCCCCCCCCC)COC(OCC[N+](C)(C)C)C(=O)[O-]. The maximum absolute atomic E-state index is 12.8. The molecule has 0 heterocycles.